The summed E-state index contributed by atoms with van der Waals surface area (Å²) in [6.45, 7) is 5.93. The van der Waals surface area contributed by atoms with Crippen LogP contribution in [0.4, 0.5) is 10.1 Å². The van der Waals surface area contributed by atoms with Crippen molar-refractivity contribution in [3.05, 3.63) is 24.0 Å². The van der Waals surface area contributed by atoms with E-state index in [1.807, 2.05) is 20.8 Å². The maximum atomic E-state index is 13.0. The van der Waals surface area contributed by atoms with Gasteiger partial charge in [0.1, 0.15) is 11.6 Å². The minimum atomic E-state index is -0.416. The zero-order chi connectivity index (χ0) is 14.6. The quantitative estimate of drug-likeness (QED) is 0.882. The first kappa shape index (κ1) is 15.4. The summed E-state index contributed by atoms with van der Waals surface area (Å²) in [6.07, 6.45) is 0.198. The summed E-state index contributed by atoms with van der Waals surface area (Å²) in [4.78, 5) is 11.9. The predicted molar refractivity (Wildman–Crippen MR) is 73.6 cm³/mol. The number of nitrogens with two attached hydrogens (primary N) is 1. The molecule has 1 rings (SSSR count). The number of ether oxygens (including phenoxy) is 1. The van der Waals surface area contributed by atoms with Gasteiger partial charge in [-0.15, -0.1) is 0 Å². The number of carbonyl (C=O) groups excluding carboxylic acids is 1. The van der Waals surface area contributed by atoms with Crippen molar-refractivity contribution in [2.75, 3.05) is 12.4 Å². The van der Waals surface area contributed by atoms with Gasteiger partial charge in [0.2, 0.25) is 5.91 Å². The van der Waals surface area contributed by atoms with Crippen molar-refractivity contribution in [3.63, 3.8) is 0 Å². The number of hydrogen-bond acceptors (Lipinski definition) is 3. The van der Waals surface area contributed by atoms with Gasteiger partial charge in [0.25, 0.3) is 0 Å². The average molecular weight is 268 g/mol. The number of halogens is 1. The number of rotatable bonds is 4. The van der Waals surface area contributed by atoms with Gasteiger partial charge in [0, 0.05) is 18.5 Å². The van der Waals surface area contributed by atoms with Gasteiger partial charge in [0.15, 0.2) is 0 Å². The van der Waals surface area contributed by atoms with E-state index in [0.29, 0.717) is 5.69 Å². The topological polar surface area (TPSA) is 64.3 Å². The summed E-state index contributed by atoms with van der Waals surface area (Å²) in [5.41, 5.74) is 6.24. The van der Waals surface area contributed by atoms with Crippen LogP contribution in [-0.4, -0.2) is 19.1 Å². The van der Waals surface area contributed by atoms with Crippen LogP contribution in [0.5, 0.6) is 5.75 Å². The van der Waals surface area contributed by atoms with E-state index in [-0.39, 0.29) is 29.5 Å². The number of anilines is 1. The molecule has 106 valence electrons. The Balaban J connectivity index is 2.72. The van der Waals surface area contributed by atoms with Crippen LogP contribution in [0.2, 0.25) is 0 Å². The SMILES string of the molecule is COc1cc(F)ccc1NC(=O)CC(N)C(C)(C)C. The molecule has 0 aliphatic carbocycles. The molecule has 1 aromatic carbocycles. The largest absolute Gasteiger partial charge is 0.494 e. The molecule has 1 aromatic rings. The molecule has 0 spiro atoms. The Morgan fingerprint density at radius 2 is 2.11 bits per heavy atom. The van der Waals surface area contributed by atoms with Crippen molar-refractivity contribution >= 4 is 11.6 Å². The molecule has 0 aliphatic rings. The lowest BCUT2D eigenvalue weighted by Gasteiger charge is -2.26. The standard InChI is InChI=1S/C14H21FN2O2/c1-14(2,3)12(16)8-13(18)17-10-6-5-9(15)7-11(10)19-4/h5-7,12H,8,16H2,1-4H3,(H,17,18). The Labute approximate surface area is 113 Å². The summed E-state index contributed by atoms with van der Waals surface area (Å²) in [7, 11) is 1.42. The van der Waals surface area contributed by atoms with E-state index in [1.54, 1.807) is 0 Å². The predicted octanol–water partition coefficient (Wildman–Crippen LogP) is 2.54. The van der Waals surface area contributed by atoms with Gasteiger partial charge >= 0.3 is 0 Å². The first-order valence-electron chi connectivity index (χ1n) is 6.13. The molecule has 1 unspecified atom stereocenters. The normalized spacial score (nSPS) is 12.9. The molecule has 0 saturated heterocycles. The fourth-order valence-corrected chi connectivity index (χ4v) is 1.48. The van der Waals surface area contributed by atoms with E-state index in [1.165, 1.54) is 25.3 Å². The fraction of sp³-hybridized carbons (Fsp3) is 0.500. The third-order valence-electron chi connectivity index (χ3n) is 2.96. The third kappa shape index (κ3) is 4.52. The van der Waals surface area contributed by atoms with E-state index < -0.39 is 5.82 Å². The van der Waals surface area contributed by atoms with Gasteiger partial charge in [-0.2, -0.15) is 0 Å². The Bertz CT molecular complexity index is 455. The van der Waals surface area contributed by atoms with Crippen LogP contribution in [0.1, 0.15) is 27.2 Å². The summed E-state index contributed by atoms with van der Waals surface area (Å²) in [5.74, 6) is -0.341. The Hall–Kier alpha value is -1.62. The molecule has 1 amide bonds. The third-order valence-corrected chi connectivity index (χ3v) is 2.96. The van der Waals surface area contributed by atoms with E-state index in [9.17, 15) is 9.18 Å². The van der Waals surface area contributed by atoms with E-state index in [2.05, 4.69) is 5.32 Å². The highest BCUT2D eigenvalue weighted by molar-refractivity contribution is 5.92. The molecule has 0 radical (unpaired) electrons. The number of benzene rings is 1. The fourth-order valence-electron chi connectivity index (χ4n) is 1.48. The van der Waals surface area contributed by atoms with Crippen LogP contribution in [0.3, 0.4) is 0 Å². The first-order valence-corrected chi connectivity index (χ1v) is 6.13. The van der Waals surface area contributed by atoms with E-state index >= 15 is 0 Å². The molecule has 19 heavy (non-hydrogen) atoms. The first-order chi connectivity index (χ1) is 8.74. The van der Waals surface area contributed by atoms with Crippen LogP contribution in [0.25, 0.3) is 0 Å². The van der Waals surface area contributed by atoms with Crippen LogP contribution in [0, 0.1) is 11.2 Å². The second-order valence-corrected chi connectivity index (χ2v) is 5.57. The number of carbonyl (C=O) groups is 1. The lowest BCUT2D eigenvalue weighted by Crippen LogP contribution is -2.38. The molecule has 0 aromatic heterocycles. The maximum absolute atomic E-state index is 13.0. The van der Waals surface area contributed by atoms with E-state index in [4.69, 9.17) is 10.5 Å². The number of hydrogen-bond donors (Lipinski definition) is 2. The van der Waals surface area contributed by atoms with Crippen molar-refractivity contribution in [2.45, 2.75) is 33.2 Å². The molecule has 1 atom stereocenters. The maximum Gasteiger partial charge on any atom is 0.226 e. The molecular formula is C14H21FN2O2. The number of nitrogens with one attached hydrogen (secondary N) is 1. The summed E-state index contributed by atoms with van der Waals surface area (Å²) >= 11 is 0. The van der Waals surface area contributed by atoms with E-state index in [0.717, 1.165) is 0 Å². The summed E-state index contributed by atoms with van der Waals surface area (Å²) in [5, 5.41) is 2.68. The second kappa shape index (κ2) is 6.02. The zero-order valence-corrected chi connectivity index (χ0v) is 11.8. The van der Waals surface area contributed by atoms with Gasteiger partial charge in [-0.1, -0.05) is 20.8 Å². The second-order valence-electron chi connectivity index (χ2n) is 5.57. The molecule has 0 aliphatic heterocycles. The minimum Gasteiger partial charge on any atom is -0.494 e. The molecule has 0 saturated carbocycles. The Morgan fingerprint density at radius 1 is 1.47 bits per heavy atom. The number of methoxy groups -OCH3 is 1. The van der Waals surface area contributed by atoms with Gasteiger partial charge in [-0.25, -0.2) is 4.39 Å². The Morgan fingerprint density at radius 3 is 2.63 bits per heavy atom. The minimum absolute atomic E-state index is 0.149. The summed E-state index contributed by atoms with van der Waals surface area (Å²) < 4.78 is 18.0. The van der Waals surface area contributed by atoms with Crippen LogP contribution in [-0.2, 0) is 4.79 Å². The molecular weight excluding hydrogens is 247 g/mol. The highest BCUT2D eigenvalue weighted by atomic mass is 19.1. The highest BCUT2D eigenvalue weighted by Gasteiger charge is 2.23. The van der Waals surface area contributed by atoms with Crippen molar-refractivity contribution < 1.29 is 13.9 Å². The molecule has 0 fully saturated rings. The van der Waals surface area contributed by atoms with Gasteiger partial charge < -0.3 is 15.8 Å². The molecule has 0 bridgehead atoms. The smallest absolute Gasteiger partial charge is 0.226 e. The van der Waals surface area contributed by atoms with Crippen molar-refractivity contribution in [1.82, 2.24) is 0 Å². The monoisotopic (exact) mass is 268 g/mol. The lowest BCUT2D eigenvalue weighted by atomic mass is 9.85. The van der Waals surface area contributed by atoms with Gasteiger partial charge in [-0.3, -0.25) is 4.79 Å². The van der Waals surface area contributed by atoms with Crippen LogP contribution < -0.4 is 15.8 Å². The summed E-state index contributed by atoms with van der Waals surface area (Å²) in [6, 6.07) is 3.70. The van der Waals surface area contributed by atoms with Gasteiger partial charge in [-0.05, 0) is 17.5 Å². The van der Waals surface area contributed by atoms with Crippen molar-refractivity contribution in [3.8, 4) is 5.75 Å². The number of amides is 1. The molecule has 0 heterocycles. The average Bonchev–Trinajstić information content (AvgIpc) is 2.30. The zero-order valence-electron chi connectivity index (χ0n) is 11.8. The molecule has 5 heteroatoms. The van der Waals surface area contributed by atoms with Crippen molar-refractivity contribution in [2.24, 2.45) is 11.1 Å². The van der Waals surface area contributed by atoms with Crippen LogP contribution in [0.15, 0.2) is 18.2 Å². The molecule has 3 N–H and O–H groups in total. The van der Waals surface area contributed by atoms with Crippen molar-refractivity contribution in [1.29, 1.82) is 0 Å². The van der Waals surface area contributed by atoms with Gasteiger partial charge in [0.05, 0.1) is 12.8 Å². The highest BCUT2D eigenvalue weighted by Crippen LogP contribution is 2.26. The molecule has 4 nitrogen and oxygen atoms in total. The van der Waals surface area contributed by atoms with Crippen LogP contribution >= 0.6 is 0 Å². The Kier molecular flexibility index (Phi) is 4.89. The lowest BCUT2D eigenvalue weighted by molar-refractivity contribution is -0.117.